The number of aromatic nitrogens is 1. The molecular formula is C16H14N4O7S2. The fourth-order valence-corrected chi connectivity index (χ4v) is 4.57. The number of sulfonamides is 2. The quantitative estimate of drug-likeness (QED) is 0.420. The molecule has 29 heavy (non-hydrogen) atoms. The van der Waals surface area contributed by atoms with Crippen molar-refractivity contribution in [3.63, 3.8) is 0 Å². The first-order valence-corrected chi connectivity index (χ1v) is 10.9. The molecule has 0 bridgehead atoms. The van der Waals surface area contributed by atoms with Crippen LogP contribution in [0.4, 0.5) is 17.2 Å². The summed E-state index contributed by atoms with van der Waals surface area (Å²) in [5, 5.41) is 14.6. The van der Waals surface area contributed by atoms with Crippen LogP contribution in [0.3, 0.4) is 0 Å². The van der Waals surface area contributed by atoms with E-state index < -0.39 is 35.6 Å². The van der Waals surface area contributed by atoms with Crippen molar-refractivity contribution in [1.82, 2.24) is 5.16 Å². The molecule has 2 aromatic carbocycles. The molecule has 0 spiro atoms. The molecule has 0 atom stereocenters. The predicted molar refractivity (Wildman–Crippen MR) is 102 cm³/mol. The molecule has 0 amide bonds. The Hall–Kier alpha value is -3.45. The highest BCUT2D eigenvalue weighted by atomic mass is 32.2. The topological polar surface area (TPSA) is 162 Å². The number of nitro benzene ring substituents is 1. The average Bonchev–Trinajstić information content (AvgIpc) is 3.06. The van der Waals surface area contributed by atoms with Gasteiger partial charge in [-0.05, 0) is 37.3 Å². The molecule has 13 heteroatoms. The molecule has 0 fully saturated rings. The van der Waals surface area contributed by atoms with Crippen LogP contribution in [0.5, 0.6) is 0 Å². The Morgan fingerprint density at radius 1 is 0.966 bits per heavy atom. The maximum Gasteiger partial charge on any atom is 0.289 e. The smallest absolute Gasteiger partial charge is 0.289 e. The second-order valence-electron chi connectivity index (χ2n) is 5.78. The zero-order chi connectivity index (χ0) is 21.2. The molecule has 0 radical (unpaired) electrons. The van der Waals surface area contributed by atoms with E-state index in [2.05, 4.69) is 14.6 Å². The minimum Gasteiger partial charge on any atom is -0.360 e. The van der Waals surface area contributed by atoms with Gasteiger partial charge in [0.15, 0.2) is 10.7 Å². The van der Waals surface area contributed by atoms with Crippen LogP contribution >= 0.6 is 0 Å². The Morgan fingerprint density at radius 3 is 2.21 bits per heavy atom. The summed E-state index contributed by atoms with van der Waals surface area (Å²) in [6, 6.07) is 11.1. The van der Waals surface area contributed by atoms with E-state index in [1.807, 2.05) is 0 Å². The van der Waals surface area contributed by atoms with Crippen LogP contribution in [0.1, 0.15) is 5.76 Å². The number of hydrogen-bond acceptors (Lipinski definition) is 8. The van der Waals surface area contributed by atoms with E-state index in [-0.39, 0.29) is 16.4 Å². The summed E-state index contributed by atoms with van der Waals surface area (Å²) >= 11 is 0. The van der Waals surface area contributed by atoms with Gasteiger partial charge in [0.2, 0.25) is 0 Å². The molecule has 0 aliphatic carbocycles. The highest BCUT2D eigenvalue weighted by Crippen LogP contribution is 2.26. The largest absolute Gasteiger partial charge is 0.360 e. The van der Waals surface area contributed by atoms with Gasteiger partial charge in [-0.2, -0.15) is 0 Å². The number of para-hydroxylation sites is 1. The van der Waals surface area contributed by atoms with Gasteiger partial charge in [-0.25, -0.2) is 16.8 Å². The Labute approximate surface area is 165 Å². The van der Waals surface area contributed by atoms with Gasteiger partial charge in [-0.15, -0.1) is 0 Å². The molecule has 3 rings (SSSR count). The molecule has 11 nitrogen and oxygen atoms in total. The summed E-state index contributed by atoms with van der Waals surface area (Å²) in [6.45, 7) is 1.60. The van der Waals surface area contributed by atoms with Gasteiger partial charge in [0.25, 0.3) is 25.7 Å². The number of anilines is 2. The van der Waals surface area contributed by atoms with Crippen molar-refractivity contribution in [3.8, 4) is 0 Å². The summed E-state index contributed by atoms with van der Waals surface area (Å²) in [4.78, 5) is 9.60. The van der Waals surface area contributed by atoms with E-state index in [9.17, 15) is 26.9 Å². The van der Waals surface area contributed by atoms with E-state index >= 15 is 0 Å². The second kappa shape index (κ2) is 7.52. The first kappa shape index (κ1) is 20.3. The number of rotatable bonds is 7. The van der Waals surface area contributed by atoms with Gasteiger partial charge in [-0.3, -0.25) is 19.6 Å². The molecular weight excluding hydrogens is 424 g/mol. The van der Waals surface area contributed by atoms with Gasteiger partial charge in [-0.1, -0.05) is 17.3 Å². The highest BCUT2D eigenvalue weighted by molar-refractivity contribution is 7.93. The van der Waals surface area contributed by atoms with Crippen molar-refractivity contribution >= 4 is 37.2 Å². The van der Waals surface area contributed by atoms with E-state index in [4.69, 9.17) is 4.52 Å². The highest BCUT2D eigenvalue weighted by Gasteiger charge is 2.25. The van der Waals surface area contributed by atoms with Crippen molar-refractivity contribution in [3.05, 3.63) is 70.5 Å². The van der Waals surface area contributed by atoms with Crippen molar-refractivity contribution in [2.45, 2.75) is 16.7 Å². The maximum atomic E-state index is 12.5. The number of nitrogens with one attached hydrogen (secondary N) is 2. The maximum absolute atomic E-state index is 12.5. The number of nitro groups is 1. The monoisotopic (exact) mass is 438 g/mol. The fraction of sp³-hybridized carbons (Fsp3) is 0.0625. The lowest BCUT2D eigenvalue weighted by molar-refractivity contribution is -0.387. The minimum atomic E-state index is -4.26. The average molecular weight is 438 g/mol. The molecule has 0 unspecified atom stereocenters. The van der Waals surface area contributed by atoms with Gasteiger partial charge in [0.05, 0.1) is 9.82 Å². The Bertz CT molecular complexity index is 1270. The van der Waals surface area contributed by atoms with Crippen LogP contribution in [-0.4, -0.2) is 26.9 Å². The third-order valence-corrected chi connectivity index (χ3v) is 6.43. The SMILES string of the molecule is Cc1cc(NS(=O)(=O)c2ccc(NS(=O)(=O)c3ccccc3[N+](=O)[O-])cc2)no1. The van der Waals surface area contributed by atoms with Gasteiger partial charge < -0.3 is 4.52 Å². The summed E-state index contributed by atoms with van der Waals surface area (Å²) in [7, 11) is -8.23. The first-order chi connectivity index (χ1) is 13.6. The zero-order valence-corrected chi connectivity index (χ0v) is 16.4. The molecule has 1 heterocycles. The summed E-state index contributed by atoms with van der Waals surface area (Å²) in [6.07, 6.45) is 0. The first-order valence-electron chi connectivity index (χ1n) is 7.91. The van der Waals surface area contributed by atoms with Crippen molar-refractivity contribution < 1.29 is 26.3 Å². The van der Waals surface area contributed by atoms with Crippen LogP contribution in [-0.2, 0) is 20.0 Å². The molecule has 2 N–H and O–H groups in total. The molecule has 1 aromatic heterocycles. The minimum absolute atomic E-state index is 0.00339. The molecule has 0 saturated carbocycles. The Kier molecular flexibility index (Phi) is 5.26. The van der Waals surface area contributed by atoms with E-state index in [0.717, 1.165) is 12.1 Å². The van der Waals surface area contributed by atoms with Crippen molar-refractivity contribution in [2.24, 2.45) is 0 Å². The van der Waals surface area contributed by atoms with Crippen molar-refractivity contribution in [1.29, 1.82) is 0 Å². The summed E-state index contributed by atoms with van der Waals surface area (Å²) in [5.74, 6) is 0.422. The van der Waals surface area contributed by atoms with E-state index in [1.165, 1.54) is 42.5 Å². The lowest BCUT2D eigenvalue weighted by Crippen LogP contribution is -2.15. The standard InChI is InChI=1S/C16H14N4O7S2/c1-11-10-16(17-27-11)19-28(23,24)13-8-6-12(7-9-13)18-29(25,26)15-5-3-2-4-14(15)20(21)22/h2-10,18H,1H3,(H,17,19). The lowest BCUT2D eigenvalue weighted by Gasteiger charge is -2.10. The molecule has 0 aliphatic rings. The number of nitrogens with zero attached hydrogens (tertiary/aromatic N) is 2. The van der Waals surface area contributed by atoms with Crippen LogP contribution in [0.25, 0.3) is 0 Å². The van der Waals surface area contributed by atoms with Gasteiger partial charge in [0, 0.05) is 17.8 Å². The van der Waals surface area contributed by atoms with Crippen LogP contribution < -0.4 is 9.44 Å². The Morgan fingerprint density at radius 2 is 1.62 bits per heavy atom. The lowest BCUT2D eigenvalue weighted by atomic mass is 10.3. The number of hydrogen-bond donors (Lipinski definition) is 2. The van der Waals surface area contributed by atoms with Gasteiger partial charge in [0.1, 0.15) is 5.76 Å². The van der Waals surface area contributed by atoms with E-state index in [1.54, 1.807) is 6.92 Å². The van der Waals surface area contributed by atoms with Crippen LogP contribution in [0.15, 0.2) is 68.9 Å². The molecule has 152 valence electrons. The summed E-state index contributed by atoms with van der Waals surface area (Å²) in [5.41, 5.74) is -0.550. The fourth-order valence-electron chi connectivity index (χ4n) is 2.36. The molecule has 3 aromatic rings. The van der Waals surface area contributed by atoms with Crippen LogP contribution in [0, 0.1) is 17.0 Å². The van der Waals surface area contributed by atoms with Crippen LogP contribution in [0.2, 0.25) is 0 Å². The third kappa shape index (κ3) is 4.52. The normalized spacial score (nSPS) is 11.8. The zero-order valence-electron chi connectivity index (χ0n) is 14.8. The molecule has 0 aliphatic heterocycles. The van der Waals surface area contributed by atoms with Gasteiger partial charge >= 0.3 is 0 Å². The predicted octanol–water partition coefficient (Wildman–Crippen LogP) is 2.49. The van der Waals surface area contributed by atoms with E-state index in [0.29, 0.717) is 5.76 Å². The second-order valence-corrected chi connectivity index (χ2v) is 9.12. The Balaban J connectivity index is 1.83. The molecule has 0 saturated heterocycles. The number of aryl methyl sites for hydroxylation is 1. The number of benzene rings is 2. The third-order valence-electron chi connectivity index (χ3n) is 3.64. The van der Waals surface area contributed by atoms with Crippen molar-refractivity contribution in [2.75, 3.05) is 9.44 Å². The summed E-state index contributed by atoms with van der Waals surface area (Å²) < 4.78 is 58.9.